The van der Waals surface area contributed by atoms with Crippen molar-refractivity contribution in [3.8, 4) is 0 Å². The number of hydrogen-bond acceptors (Lipinski definition) is 4. The fraction of sp³-hybridized carbons (Fsp3) is 0.348. The number of amides is 4. The fourth-order valence-electron chi connectivity index (χ4n) is 3.33. The molecule has 0 aromatic heterocycles. The monoisotopic (exact) mass is 440 g/mol. The topological polar surface area (TPSA) is 90.5 Å². The van der Waals surface area contributed by atoms with E-state index in [-0.39, 0.29) is 18.4 Å². The smallest absolute Gasteiger partial charge is 0.323 e. The summed E-state index contributed by atoms with van der Waals surface area (Å²) < 4.78 is 0. The third-order valence-corrected chi connectivity index (χ3v) is 5.73. The van der Waals surface area contributed by atoms with Crippen molar-refractivity contribution in [2.24, 2.45) is 0 Å². The molecule has 1 unspecified atom stereocenters. The van der Waals surface area contributed by atoms with Crippen LogP contribution in [0.4, 0.5) is 21.9 Å². The van der Waals surface area contributed by atoms with Crippen molar-refractivity contribution in [1.82, 2.24) is 5.32 Å². The molecule has 0 radical (unpaired) electrons. The van der Waals surface area contributed by atoms with Gasteiger partial charge in [-0.25, -0.2) is 4.79 Å². The molecule has 7 nitrogen and oxygen atoms in total. The average molecular weight is 441 g/mol. The highest BCUT2D eigenvalue weighted by atomic mass is 32.2. The largest absolute Gasteiger partial charge is 0.326 e. The minimum atomic E-state index is -0.720. The van der Waals surface area contributed by atoms with Gasteiger partial charge in [-0.05, 0) is 54.2 Å². The minimum Gasteiger partial charge on any atom is -0.326 e. The van der Waals surface area contributed by atoms with Crippen molar-refractivity contribution >= 4 is 46.7 Å². The number of anilines is 3. The van der Waals surface area contributed by atoms with Gasteiger partial charge in [-0.3, -0.25) is 14.5 Å². The maximum atomic E-state index is 13.0. The molecule has 164 valence electrons. The predicted molar refractivity (Wildman–Crippen MR) is 127 cm³/mol. The number of benzene rings is 2. The Kier molecular flexibility index (Phi) is 7.57. The first-order valence-electron chi connectivity index (χ1n) is 10.3. The van der Waals surface area contributed by atoms with E-state index in [4.69, 9.17) is 0 Å². The van der Waals surface area contributed by atoms with E-state index >= 15 is 0 Å². The van der Waals surface area contributed by atoms with E-state index in [1.807, 2.05) is 30.5 Å². The molecule has 0 saturated heterocycles. The quantitative estimate of drug-likeness (QED) is 0.606. The van der Waals surface area contributed by atoms with Gasteiger partial charge in [-0.15, -0.1) is 0 Å². The van der Waals surface area contributed by atoms with Crippen LogP contribution in [0.2, 0.25) is 0 Å². The second-order valence-electron chi connectivity index (χ2n) is 7.70. The number of carbonyl (C=O) groups excluding carboxylic acids is 3. The molecule has 4 amide bonds. The molecule has 0 bridgehead atoms. The number of fused-ring (bicyclic) bond motifs is 1. The molecule has 0 spiro atoms. The van der Waals surface area contributed by atoms with Crippen LogP contribution in [0.1, 0.15) is 31.7 Å². The number of nitrogens with zero attached hydrogens (tertiary/aromatic N) is 1. The van der Waals surface area contributed by atoms with Crippen molar-refractivity contribution in [2.45, 2.75) is 32.2 Å². The molecule has 1 atom stereocenters. The number of rotatable bonds is 7. The highest BCUT2D eigenvalue weighted by Crippen LogP contribution is 2.29. The van der Waals surface area contributed by atoms with Crippen LogP contribution in [-0.4, -0.2) is 42.4 Å². The number of nitrogens with one attached hydrogen (secondary N) is 3. The van der Waals surface area contributed by atoms with Crippen molar-refractivity contribution < 1.29 is 14.4 Å². The summed E-state index contributed by atoms with van der Waals surface area (Å²) in [4.78, 5) is 39.3. The van der Waals surface area contributed by atoms with Gasteiger partial charge in [-0.1, -0.05) is 38.1 Å². The zero-order valence-electron chi connectivity index (χ0n) is 18.0. The molecule has 1 aliphatic heterocycles. The van der Waals surface area contributed by atoms with E-state index in [1.165, 1.54) is 10.5 Å². The molecule has 2 aromatic rings. The SMILES string of the molecule is CSCCC(NC(=O)N1CC(=O)Nc2ccccc21)C(=O)Nc1ccc(C(C)C)cc1. The first-order chi connectivity index (χ1) is 14.9. The Hall–Kier alpha value is -3.00. The number of thioether (sulfide) groups is 1. The summed E-state index contributed by atoms with van der Waals surface area (Å²) in [6.07, 6.45) is 2.43. The van der Waals surface area contributed by atoms with Gasteiger partial charge >= 0.3 is 6.03 Å². The van der Waals surface area contributed by atoms with Crippen LogP contribution in [0.25, 0.3) is 0 Å². The van der Waals surface area contributed by atoms with E-state index in [2.05, 4.69) is 29.8 Å². The molecule has 3 N–H and O–H groups in total. The molecular weight excluding hydrogens is 412 g/mol. The Morgan fingerprint density at radius 3 is 2.52 bits per heavy atom. The van der Waals surface area contributed by atoms with E-state index in [0.29, 0.717) is 35.2 Å². The lowest BCUT2D eigenvalue weighted by Crippen LogP contribution is -2.53. The molecule has 3 rings (SSSR count). The lowest BCUT2D eigenvalue weighted by molar-refractivity contribution is -0.118. The molecule has 8 heteroatoms. The van der Waals surface area contributed by atoms with Crippen LogP contribution < -0.4 is 20.9 Å². The molecule has 1 heterocycles. The van der Waals surface area contributed by atoms with E-state index in [9.17, 15) is 14.4 Å². The second kappa shape index (κ2) is 10.3. The van der Waals surface area contributed by atoms with Crippen LogP contribution >= 0.6 is 11.8 Å². The summed E-state index contributed by atoms with van der Waals surface area (Å²) in [5.41, 5.74) is 3.05. The van der Waals surface area contributed by atoms with Gasteiger partial charge < -0.3 is 16.0 Å². The Bertz CT molecular complexity index is 946. The van der Waals surface area contributed by atoms with E-state index in [0.717, 1.165) is 0 Å². The summed E-state index contributed by atoms with van der Waals surface area (Å²) >= 11 is 1.60. The van der Waals surface area contributed by atoms with Gasteiger partial charge in [0, 0.05) is 5.69 Å². The summed E-state index contributed by atoms with van der Waals surface area (Å²) in [7, 11) is 0. The van der Waals surface area contributed by atoms with Crippen molar-refractivity contribution in [3.63, 3.8) is 0 Å². The number of carbonyl (C=O) groups is 3. The number of para-hydroxylation sites is 2. The maximum absolute atomic E-state index is 13.0. The number of hydrogen-bond donors (Lipinski definition) is 3. The molecule has 31 heavy (non-hydrogen) atoms. The summed E-state index contributed by atoms with van der Waals surface area (Å²) in [6.45, 7) is 4.12. The Morgan fingerprint density at radius 1 is 1.13 bits per heavy atom. The standard InChI is InChI=1S/C23H28N4O3S/c1-15(2)16-8-10-17(11-9-16)24-22(29)19(12-13-31-3)26-23(30)27-14-21(28)25-18-6-4-5-7-20(18)27/h4-11,15,19H,12-14H2,1-3H3,(H,24,29)(H,25,28)(H,26,30). The molecule has 0 fully saturated rings. The van der Waals surface area contributed by atoms with Crippen LogP contribution in [0.5, 0.6) is 0 Å². The zero-order chi connectivity index (χ0) is 22.4. The molecule has 1 aliphatic rings. The third kappa shape index (κ3) is 5.79. The summed E-state index contributed by atoms with van der Waals surface area (Å²) in [5.74, 6) is 0.559. The first kappa shape index (κ1) is 22.7. The number of urea groups is 1. The van der Waals surface area contributed by atoms with Crippen molar-refractivity contribution in [1.29, 1.82) is 0 Å². The Morgan fingerprint density at radius 2 is 1.84 bits per heavy atom. The van der Waals surface area contributed by atoms with Gasteiger partial charge in [0.05, 0.1) is 11.4 Å². The van der Waals surface area contributed by atoms with Gasteiger partial charge in [0.15, 0.2) is 0 Å². The normalized spacial score (nSPS) is 13.9. The first-order valence-corrected chi connectivity index (χ1v) is 11.6. The Balaban J connectivity index is 1.72. The van der Waals surface area contributed by atoms with Crippen molar-refractivity contribution in [2.75, 3.05) is 34.1 Å². The summed E-state index contributed by atoms with van der Waals surface area (Å²) in [5, 5.41) is 8.46. The fourth-order valence-corrected chi connectivity index (χ4v) is 3.80. The van der Waals surface area contributed by atoms with Gasteiger partial charge in [0.2, 0.25) is 11.8 Å². The average Bonchev–Trinajstić information content (AvgIpc) is 2.76. The van der Waals surface area contributed by atoms with Gasteiger partial charge in [0.25, 0.3) is 0 Å². The van der Waals surface area contributed by atoms with Gasteiger partial charge in [0.1, 0.15) is 12.6 Å². The highest BCUT2D eigenvalue weighted by Gasteiger charge is 2.29. The lowest BCUT2D eigenvalue weighted by Gasteiger charge is -2.30. The van der Waals surface area contributed by atoms with E-state index in [1.54, 1.807) is 36.0 Å². The molecule has 2 aromatic carbocycles. The minimum absolute atomic E-state index is 0.101. The second-order valence-corrected chi connectivity index (χ2v) is 8.69. The van der Waals surface area contributed by atoms with Crippen LogP contribution in [0.3, 0.4) is 0 Å². The van der Waals surface area contributed by atoms with Crippen LogP contribution in [-0.2, 0) is 9.59 Å². The molecule has 0 saturated carbocycles. The summed E-state index contributed by atoms with van der Waals surface area (Å²) in [6, 6.07) is 13.6. The molecule has 0 aliphatic carbocycles. The highest BCUT2D eigenvalue weighted by molar-refractivity contribution is 7.98. The third-order valence-electron chi connectivity index (χ3n) is 5.09. The molecular formula is C23H28N4O3S. The Labute approximate surface area is 187 Å². The van der Waals surface area contributed by atoms with E-state index < -0.39 is 12.1 Å². The zero-order valence-corrected chi connectivity index (χ0v) is 18.8. The lowest BCUT2D eigenvalue weighted by atomic mass is 10.0. The maximum Gasteiger partial charge on any atom is 0.323 e. The van der Waals surface area contributed by atoms with Gasteiger partial charge in [-0.2, -0.15) is 11.8 Å². The van der Waals surface area contributed by atoms with Crippen molar-refractivity contribution in [3.05, 3.63) is 54.1 Å². The predicted octanol–water partition coefficient (Wildman–Crippen LogP) is 4.04. The van der Waals surface area contributed by atoms with Crippen LogP contribution in [0.15, 0.2) is 48.5 Å². The van der Waals surface area contributed by atoms with Crippen LogP contribution in [0, 0.1) is 0 Å².